The van der Waals surface area contributed by atoms with Gasteiger partial charge >= 0.3 is 0 Å². The summed E-state index contributed by atoms with van der Waals surface area (Å²) in [4.78, 5) is 29.2. The molecule has 6 heteroatoms. The number of carbonyl (C=O) groups is 2. The zero-order chi connectivity index (χ0) is 20.0. The third-order valence-corrected chi connectivity index (χ3v) is 7.33. The van der Waals surface area contributed by atoms with Gasteiger partial charge in [0.1, 0.15) is 11.2 Å². The second-order valence-corrected chi connectivity index (χ2v) is 9.34. The quantitative estimate of drug-likeness (QED) is 0.788. The van der Waals surface area contributed by atoms with E-state index in [0.29, 0.717) is 17.8 Å². The number of fused-ring (bicyclic) bond motifs is 3. The van der Waals surface area contributed by atoms with Gasteiger partial charge in [-0.15, -0.1) is 0 Å². The Morgan fingerprint density at radius 2 is 1.79 bits per heavy atom. The van der Waals surface area contributed by atoms with Crippen LogP contribution >= 0.6 is 0 Å². The molecule has 6 nitrogen and oxygen atoms in total. The lowest BCUT2D eigenvalue weighted by atomic mass is 9.91. The Balaban J connectivity index is 1.51. The van der Waals surface area contributed by atoms with Gasteiger partial charge in [0.15, 0.2) is 5.58 Å². The van der Waals surface area contributed by atoms with Gasteiger partial charge in [-0.05, 0) is 32.6 Å². The summed E-state index contributed by atoms with van der Waals surface area (Å²) in [5.74, 6) is -0.0336. The van der Waals surface area contributed by atoms with Gasteiger partial charge in [-0.25, -0.2) is 0 Å². The molecule has 0 spiro atoms. The molecule has 0 bridgehead atoms. The smallest absolute Gasteiger partial charge is 0.271 e. The van der Waals surface area contributed by atoms with Crippen LogP contribution in [0.25, 0.3) is 11.1 Å². The maximum atomic E-state index is 13.7. The van der Waals surface area contributed by atoms with Crippen molar-refractivity contribution in [2.45, 2.75) is 95.3 Å². The van der Waals surface area contributed by atoms with Crippen molar-refractivity contribution < 1.29 is 14.0 Å². The van der Waals surface area contributed by atoms with E-state index >= 15 is 0 Å². The average Bonchev–Trinajstić information content (AvgIpc) is 3.39. The van der Waals surface area contributed by atoms with Crippen molar-refractivity contribution in [1.29, 1.82) is 0 Å². The molecule has 2 fully saturated rings. The molecule has 0 saturated heterocycles. The van der Waals surface area contributed by atoms with Crippen LogP contribution in [0, 0.1) is 0 Å². The van der Waals surface area contributed by atoms with E-state index in [1.807, 2.05) is 28.5 Å². The van der Waals surface area contributed by atoms with Gasteiger partial charge in [-0.1, -0.05) is 38.5 Å². The summed E-state index contributed by atoms with van der Waals surface area (Å²) in [5, 5.41) is 3.34. The van der Waals surface area contributed by atoms with Gasteiger partial charge in [-0.3, -0.25) is 9.59 Å². The Morgan fingerprint density at radius 1 is 1.10 bits per heavy atom. The van der Waals surface area contributed by atoms with E-state index in [0.717, 1.165) is 44.0 Å². The molecule has 3 heterocycles. The molecule has 0 unspecified atom stereocenters. The number of carbonyl (C=O) groups excluding carboxylic acids is 2. The van der Waals surface area contributed by atoms with Crippen LogP contribution in [0.2, 0.25) is 0 Å². The molecule has 0 radical (unpaired) electrons. The molecular formula is C23H31N3O3. The Hall–Kier alpha value is -2.24. The minimum absolute atomic E-state index is 0.000597. The van der Waals surface area contributed by atoms with Gasteiger partial charge in [0.2, 0.25) is 5.91 Å². The van der Waals surface area contributed by atoms with E-state index in [2.05, 4.69) is 5.32 Å². The first-order valence-electron chi connectivity index (χ1n) is 11.3. The van der Waals surface area contributed by atoms with Crippen LogP contribution in [0.1, 0.15) is 81.6 Å². The Labute approximate surface area is 171 Å². The van der Waals surface area contributed by atoms with Crippen LogP contribution in [0.3, 0.4) is 0 Å². The highest BCUT2D eigenvalue weighted by Crippen LogP contribution is 2.38. The molecule has 156 valence electrons. The van der Waals surface area contributed by atoms with E-state index in [1.165, 1.54) is 25.7 Å². The number of nitrogens with one attached hydrogen (secondary N) is 1. The number of hydrogen-bond donors (Lipinski definition) is 1. The average molecular weight is 398 g/mol. The van der Waals surface area contributed by atoms with Crippen LogP contribution in [-0.2, 0) is 11.3 Å². The van der Waals surface area contributed by atoms with Crippen molar-refractivity contribution in [3.05, 3.63) is 24.1 Å². The Bertz CT molecular complexity index is 915. The second-order valence-electron chi connectivity index (χ2n) is 9.34. The number of amides is 2. The molecule has 1 atom stereocenters. The number of nitrogens with zero attached hydrogens (tertiary/aromatic N) is 2. The predicted molar refractivity (Wildman–Crippen MR) is 111 cm³/mol. The summed E-state index contributed by atoms with van der Waals surface area (Å²) in [6, 6.07) is 4.09. The summed E-state index contributed by atoms with van der Waals surface area (Å²) in [7, 11) is 0. The molecule has 1 N–H and O–H groups in total. The Morgan fingerprint density at radius 3 is 2.52 bits per heavy atom. The summed E-state index contributed by atoms with van der Waals surface area (Å²) >= 11 is 0. The standard InChI is InChI=1S/C23H31N3O3/c1-23(22(28)24-16-8-4-2-3-5-9-16)15-25-18-12-13-29-20(18)14-19(25)21(27)26(23)17-10-6-7-11-17/h12-14,16-17H,2-11,15H2,1H3,(H,24,28)/t23-/m1/s1. The molecule has 1 aliphatic heterocycles. The van der Waals surface area contributed by atoms with Crippen LogP contribution in [0.4, 0.5) is 0 Å². The van der Waals surface area contributed by atoms with Gasteiger partial charge in [0.25, 0.3) is 5.91 Å². The fourth-order valence-corrected chi connectivity index (χ4v) is 5.73. The maximum absolute atomic E-state index is 13.7. The number of rotatable bonds is 3. The molecule has 3 aliphatic rings. The lowest BCUT2D eigenvalue weighted by Crippen LogP contribution is -2.67. The topological polar surface area (TPSA) is 67.5 Å². The zero-order valence-corrected chi connectivity index (χ0v) is 17.3. The number of furan rings is 1. The largest absolute Gasteiger partial charge is 0.463 e. The van der Waals surface area contributed by atoms with Gasteiger partial charge in [-0.2, -0.15) is 0 Å². The van der Waals surface area contributed by atoms with E-state index in [-0.39, 0.29) is 23.9 Å². The molecule has 2 saturated carbocycles. The van der Waals surface area contributed by atoms with Gasteiger partial charge < -0.3 is 19.2 Å². The molecule has 2 amide bonds. The molecular weight excluding hydrogens is 366 g/mol. The highest BCUT2D eigenvalue weighted by atomic mass is 16.3. The molecule has 2 aromatic heterocycles. The second kappa shape index (κ2) is 7.22. The fraction of sp³-hybridized carbons (Fsp3) is 0.652. The highest BCUT2D eigenvalue weighted by Gasteiger charge is 2.51. The summed E-state index contributed by atoms with van der Waals surface area (Å²) < 4.78 is 7.54. The zero-order valence-electron chi connectivity index (χ0n) is 17.3. The fourth-order valence-electron chi connectivity index (χ4n) is 5.73. The van der Waals surface area contributed by atoms with Crippen molar-refractivity contribution in [1.82, 2.24) is 14.8 Å². The van der Waals surface area contributed by atoms with Crippen LogP contribution in [-0.4, -0.2) is 38.9 Å². The first kappa shape index (κ1) is 18.8. The van der Waals surface area contributed by atoms with E-state index in [9.17, 15) is 9.59 Å². The normalized spacial score (nSPS) is 26.7. The molecule has 2 aromatic rings. The lowest BCUT2D eigenvalue weighted by Gasteiger charge is -2.47. The number of hydrogen-bond acceptors (Lipinski definition) is 3. The summed E-state index contributed by atoms with van der Waals surface area (Å²) in [5.41, 5.74) is 1.38. The monoisotopic (exact) mass is 397 g/mol. The van der Waals surface area contributed by atoms with Crippen molar-refractivity contribution in [3.63, 3.8) is 0 Å². The third-order valence-electron chi connectivity index (χ3n) is 7.33. The van der Waals surface area contributed by atoms with E-state index in [1.54, 1.807) is 6.26 Å². The lowest BCUT2D eigenvalue weighted by molar-refractivity contribution is -0.135. The number of aromatic nitrogens is 1. The molecule has 29 heavy (non-hydrogen) atoms. The SMILES string of the molecule is C[C@]1(C(=O)NC2CCCCCC2)Cn2c(cc3occc32)C(=O)N1C1CCCC1. The Kier molecular flexibility index (Phi) is 4.67. The molecule has 2 aliphatic carbocycles. The first-order valence-corrected chi connectivity index (χ1v) is 11.3. The third kappa shape index (κ3) is 3.08. The van der Waals surface area contributed by atoms with Crippen LogP contribution < -0.4 is 5.32 Å². The minimum Gasteiger partial charge on any atom is -0.463 e. The van der Waals surface area contributed by atoms with E-state index < -0.39 is 5.54 Å². The minimum atomic E-state index is -0.880. The molecule has 0 aromatic carbocycles. The maximum Gasteiger partial charge on any atom is 0.271 e. The first-order chi connectivity index (χ1) is 14.1. The molecule has 5 rings (SSSR count). The predicted octanol–water partition coefficient (Wildman–Crippen LogP) is 4.23. The van der Waals surface area contributed by atoms with Crippen LogP contribution in [0.5, 0.6) is 0 Å². The van der Waals surface area contributed by atoms with Crippen molar-refractivity contribution in [2.75, 3.05) is 0 Å². The van der Waals surface area contributed by atoms with Gasteiger partial charge in [0.05, 0.1) is 18.3 Å². The van der Waals surface area contributed by atoms with Crippen molar-refractivity contribution in [2.24, 2.45) is 0 Å². The summed E-state index contributed by atoms with van der Waals surface area (Å²) in [6.45, 7) is 2.44. The highest BCUT2D eigenvalue weighted by molar-refractivity contribution is 6.03. The van der Waals surface area contributed by atoms with Crippen molar-refractivity contribution >= 4 is 22.9 Å². The van der Waals surface area contributed by atoms with Gasteiger partial charge in [0, 0.05) is 24.2 Å². The van der Waals surface area contributed by atoms with E-state index in [4.69, 9.17) is 4.42 Å². The van der Waals surface area contributed by atoms with Crippen molar-refractivity contribution in [3.8, 4) is 0 Å². The van der Waals surface area contributed by atoms with Crippen LogP contribution in [0.15, 0.2) is 22.8 Å². The summed E-state index contributed by atoms with van der Waals surface area (Å²) in [6.07, 6.45) is 12.8.